The van der Waals surface area contributed by atoms with Gasteiger partial charge in [-0.25, -0.2) is 0 Å². The van der Waals surface area contributed by atoms with E-state index in [0.29, 0.717) is 25.8 Å². The molecule has 12 heteroatoms. The molecule has 0 aliphatic rings. The molecule has 0 aliphatic heterocycles. The van der Waals surface area contributed by atoms with Gasteiger partial charge in [-0.05, 0) is 24.7 Å². The van der Waals surface area contributed by atoms with Crippen molar-refractivity contribution in [1.82, 2.24) is 16.0 Å². The van der Waals surface area contributed by atoms with Crippen molar-refractivity contribution in [3.63, 3.8) is 0 Å². The minimum absolute atomic E-state index is 0.0437. The van der Waals surface area contributed by atoms with Crippen molar-refractivity contribution >= 4 is 29.7 Å². The van der Waals surface area contributed by atoms with Crippen molar-refractivity contribution in [2.24, 2.45) is 34.0 Å². The van der Waals surface area contributed by atoms with E-state index < -0.39 is 48.4 Å². The van der Waals surface area contributed by atoms with Gasteiger partial charge in [-0.1, -0.05) is 34.1 Å². The molecule has 0 aromatic rings. The molecule has 4 unspecified atom stereocenters. The van der Waals surface area contributed by atoms with E-state index >= 15 is 0 Å². The fourth-order valence-electron chi connectivity index (χ4n) is 2.66. The summed E-state index contributed by atoms with van der Waals surface area (Å²) in [5, 5.41) is 16.3. The summed E-state index contributed by atoms with van der Waals surface area (Å²) >= 11 is 0. The van der Waals surface area contributed by atoms with Crippen molar-refractivity contribution in [3.8, 4) is 0 Å². The molecule has 0 rings (SSSR count). The summed E-state index contributed by atoms with van der Waals surface area (Å²) in [5.74, 6) is -3.42. The number of carbonyl (C=O) groups excluding carboxylic acids is 3. The van der Waals surface area contributed by atoms with Crippen LogP contribution < -0.4 is 33.2 Å². The van der Waals surface area contributed by atoms with Crippen LogP contribution in [0.2, 0.25) is 0 Å². The van der Waals surface area contributed by atoms with Crippen LogP contribution in [0.5, 0.6) is 0 Å². The van der Waals surface area contributed by atoms with E-state index in [9.17, 15) is 19.2 Å². The van der Waals surface area contributed by atoms with Gasteiger partial charge in [0.1, 0.15) is 18.6 Å². The summed E-state index contributed by atoms with van der Waals surface area (Å²) < 4.78 is 0. The Morgan fingerprint density at radius 2 is 1.55 bits per heavy atom. The Morgan fingerprint density at radius 1 is 0.968 bits per heavy atom. The zero-order chi connectivity index (χ0) is 24.1. The molecule has 0 saturated carbocycles. The van der Waals surface area contributed by atoms with Crippen molar-refractivity contribution in [2.75, 3.05) is 13.1 Å². The lowest BCUT2D eigenvalue weighted by atomic mass is 9.96. The Balaban J connectivity index is 5.09. The molecule has 0 aromatic carbocycles. The first-order valence-corrected chi connectivity index (χ1v) is 10.3. The van der Waals surface area contributed by atoms with E-state index in [0.717, 1.165) is 0 Å². The fraction of sp³-hybridized carbons (Fsp3) is 0.737. The average Bonchev–Trinajstić information content (AvgIpc) is 2.69. The number of carboxylic acids is 1. The zero-order valence-electron chi connectivity index (χ0n) is 18.7. The molecule has 0 radical (unpaired) electrons. The molecule has 0 heterocycles. The lowest BCUT2D eigenvalue weighted by Crippen LogP contribution is -2.58. The van der Waals surface area contributed by atoms with Gasteiger partial charge >= 0.3 is 5.97 Å². The molecule has 0 spiro atoms. The third-order valence-corrected chi connectivity index (χ3v) is 4.76. The highest BCUT2D eigenvalue weighted by atomic mass is 16.4. The number of guanidine groups is 1. The van der Waals surface area contributed by atoms with Crippen LogP contribution in [-0.2, 0) is 19.2 Å². The summed E-state index contributed by atoms with van der Waals surface area (Å²) in [6.45, 7) is 6.88. The Hall–Kier alpha value is -2.89. The average molecular weight is 444 g/mol. The first-order valence-electron chi connectivity index (χ1n) is 10.3. The van der Waals surface area contributed by atoms with Crippen LogP contribution >= 0.6 is 0 Å². The highest BCUT2D eigenvalue weighted by Gasteiger charge is 2.32. The molecule has 10 N–H and O–H groups in total. The first kappa shape index (κ1) is 28.1. The van der Waals surface area contributed by atoms with Crippen molar-refractivity contribution in [3.05, 3.63) is 0 Å². The highest BCUT2D eigenvalue weighted by molar-refractivity contribution is 5.93. The van der Waals surface area contributed by atoms with Crippen LogP contribution in [0.25, 0.3) is 0 Å². The van der Waals surface area contributed by atoms with Crippen molar-refractivity contribution in [1.29, 1.82) is 0 Å². The molecule has 178 valence electrons. The molecule has 0 saturated heterocycles. The number of hydrogen-bond acceptors (Lipinski definition) is 6. The molecule has 4 atom stereocenters. The Bertz CT molecular complexity index is 650. The number of nitrogens with one attached hydrogen (secondary N) is 3. The molecule has 0 aromatic heterocycles. The third kappa shape index (κ3) is 11.2. The third-order valence-electron chi connectivity index (χ3n) is 4.76. The van der Waals surface area contributed by atoms with Crippen LogP contribution in [0.4, 0.5) is 0 Å². The van der Waals surface area contributed by atoms with Gasteiger partial charge in [0.05, 0.1) is 6.04 Å². The lowest BCUT2D eigenvalue weighted by molar-refractivity contribution is -0.139. The monoisotopic (exact) mass is 443 g/mol. The Labute approximate surface area is 182 Å². The molecule has 0 fully saturated rings. The number of aliphatic carboxylic acids is 1. The molecule has 0 aliphatic carbocycles. The maximum atomic E-state index is 12.8. The van der Waals surface area contributed by atoms with Crippen molar-refractivity contribution < 1.29 is 24.3 Å². The maximum absolute atomic E-state index is 12.8. The number of aliphatic imine (C=N–C) groups is 1. The quantitative estimate of drug-likeness (QED) is 0.0924. The largest absolute Gasteiger partial charge is 0.480 e. The standard InChI is InChI=1S/C19H37N7O5/c1-5-11(4)15(17(30)24-9-13(27)28)26-18(31)14(10(2)3)25-16(29)12(20)7-6-8-23-19(21)22/h10-12,14-15H,5-9,20H2,1-4H3,(H,24,30)(H,25,29)(H,26,31)(H,27,28)(H4,21,22,23). The number of nitrogens with zero attached hydrogens (tertiary/aromatic N) is 1. The number of amides is 3. The molecular weight excluding hydrogens is 406 g/mol. The van der Waals surface area contributed by atoms with E-state index in [1.165, 1.54) is 0 Å². The minimum atomic E-state index is -1.19. The summed E-state index contributed by atoms with van der Waals surface area (Å²) in [4.78, 5) is 52.2. The van der Waals surface area contributed by atoms with Crippen LogP contribution in [-0.4, -0.2) is 66.0 Å². The van der Waals surface area contributed by atoms with Gasteiger partial charge in [-0.2, -0.15) is 0 Å². The predicted molar refractivity (Wildman–Crippen MR) is 117 cm³/mol. The number of carbonyl (C=O) groups is 4. The number of hydrogen-bond donors (Lipinski definition) is 7. The van der Waals surface area contributed by atoms with Crippen LogP contribution in [0.15, 0.2) is 4.99 Å². The molecule has 0 bridgehead atoms. The minimum Gasteiger partial charge on any atom is -0.480 e. The van der Waals surface area contributed by atoms with Crippen molar-refractivity contribution in [2.45, 2.75) is 65.1 Å². The summed E-state index contributed by atoms with van der Waals surface area (Å²) in [6.07, 6.45) is 1.39. The summed E-state index contributed by atoms with van der Waals surface area (Å²) in [5.41, 5.74) is 16.4. The van der Waals surface area contributed by atoms with Crippen LogP contribution in [0, 0.1) is 11.8 Å². The Kier molecular flexibility index (Phi) is 12.9. The number of carboxylic acid groups (broad SMARTS) is 1. The molecule has 12 nitrogen and oxygen atoms in total. The highest BCUT2D eigenvalue weighted by Crippen LogP contribution is 2.10. The topological polar surface area (TPSA) is 215 Å². The summed E-state index contributed by atoms with van der Waals surface area (Å²) in [6, 6.07) is -2.72. The summed E-state index contributed by atoms with van der Waals surface area (Å²) in [7, 11) is 0. The van der Waals surface area contributed by atoms with Crippen LogP contribution in [0.1, 0.15) is 47.0 Å². The maximum Gasteiger partial charge on any atom is 0.322 e. The Morgan fingerprint density at radius 3 is 2.03 bits per heavy atom. The first-order chi connectivity index (χ1) is 14.4. The lowest BCUT2D eigenvalue weighted by Gasteiger charge is -2.28. The number of rotatable bonds is 14. The predicted octanol–water partition coefficient (Wildman–Crippen LogP) is -1.76. The van der Waals surface area contributed by atoms with E-state index in [4.69, 9.17) is 22.3 Å². The van der Waals surface area contributed by atoms with E-state index in [2.05, 4.69) is 20.9 Å². The van der Waals surface area contributed by atoms with Gasteiger partial charge in [0, 0.05) is 6.54 Å². The zero-order valence-corrected chi connectivity index (χ0v) is 18.7. The molecule has 3 amide bonds. The fourth-order valence-corrected chi connectivity index (χ4v) is 2.66. The van der Waals surface area contributed by atoms with Gasteiger partial charge in [0.25, 0.3) is 0 Å². The van der Waals surface area contributed by atoms with E-state index in [1.54, 1.807) is 20.8 Å². The molecule has 31 heavy (non-hydrogen) atoms. The van der Waals surface area contributed by atoms with Crippen LogP contribution in [0.3, 0.4) is 0 Å². The van der Waals surface area contributed by atoms with E-state index in [-0.39, 0.29) is 17.8 Å². The van der Waals surface area contributed by atoms with Gasteiger partial charge in [-0.15, -0.1) is 0 Å². The van der Waals surface area contributed by atoms with Gasteiger partial charge in [0.2, 0.25) is 17.7 Å². The van der Waals surface area contributed by atoms with Gasteiger partial charge in [-0.3, -0.25) is 24.2 Å². The normalized spacial score (nSPS) is 14.6. The van der Waals surface area contributed by atoms with E-state index in [1.807, 2.05) is 6.92 Å². The number of nitrogens with two attached hydrogens (primary N) is 3. The molecular formula is C19H37N7O5. The second kappa shape index (κ2) is 14.2. The second-order valence-corrected chi connectivity index (χ2v) is 7.77. The second-order valence-electron chi connectivity index (χ2n) is 7.77. The van der Waals surface area contributed by atoms with Gasteiger partial charge < -0.3 is 38.3 Å². The van der Waals surface area contributed by atoms with Gasteiger partial charge in [0.15, 0.2) is 5.96 Å². The SMILES string of the molecule is CCC(C)C(NC(=O)C(NC(=O)C(N)CCCN=C(N)N)C(C)C)C(=O)NCC(=O)O. The smallest absolute Gasteiger partial charge is 0.322 e.